The van der Waals surface area contributed by atoms with Gasteiger partial charge in [0, 0.05) is 19.2 Å². The zero-order valence-corrected chi connectivity index (χ0v) is 10.8. The Bertz CT molecular complexity index is 722. The molecule has 0 fully saturated rings. The Morgan fingerprint density at radius 1 is 1.15 bits per heavy atom. The van der Waals surface area contributed by atoms with Crippen molar-refractivity contribution in [3.05, 3.63) is 59.8 Å². The van der Waals surface area contributed by atoms with E-state index in [1.54, 1.807) is 18.3 Å². The largest absolute Gasteiger partial charge is 0.395 e. The van der Waals surface area contributed by atoms with E-state index in [0.29, 0.717) is 13.0 Å². The maximum absolute atomic E-state index is 12.9. The van der Waals surface area contributed by atoms with Crippen LogP contribution >= 0.6 is 0 Å². The average Bonchev–Trinajstić information content (AvgIpc) is 2.80. The van der Waals surface area contributed by atoms with Crippen molar-refractivity contribution in [3.8, 4) is 0 Å². The number of aromatic nitrogens is 3. The summed E-state index contributed by atoms with van der Waals surface area (Å²) in [4.78, 5) is 8.85. The second kappa shape index (κ2) is 5.38. The zero-order chi connectivity index (χ0) is 13.9. The molecule has 1 N–H and O–H groups in total. The van der Waals surface area contributed by atoms with Gasteiger partial charge < -0.3 is 9.67 Å². The van der Waals surface area contributed by atoms with Gasteiger partial charge in [-0.1, -0.05) is 12.1 Å². The number of imidazole rings is 1. The first-order valence-electron chi connectivity index (χ1n) is 6.43. The first kappa shape index (κ1) is 12.7. The van der Waals surface area contributed by atoms with E-state index < -0.39 is 0 Å². The number of fused-ring (bicyclic) bond motifs is 1. The van der Waals surface area contributed by atoms with Gasteiger partial charge in [-0.25, -0.2) is 14.4 Å². The molecule has 0 radical (unpaired) electrons. The molecule has 0 spiro atoms. The molecule has 4 nitrogen and oxygen atoms in total. The highest BCUT2D eigenvalue weighted by atomic mass is 19.1. The molecule has 0 aliphatic rings. The molecule has 2 aromatic heterocycles. The molecule has 3 rings (SSSR count). The van der Waals surface area contributed by atoms with E-state index in [1.165, 1.54) is 12.1 Å². The number of rotatable bonds is 4. The van der Waals surface area contributed by atoms with Crippen LogP contribution in [0.2, 0.25) is 0 Å². The third kappa shape index (κ3) is 2.40. The summed E-state index contributed by atoms with van der Waals surface area (Å²) in [7, 11) is 0. The van der Waals surface area contributed by atoms with Gasteiger partial charge >= 0.3 is 0 Å². The highest BCUT2D eigenvalue weighted by molar-refractivity contribution is 5.71. The molecule has 3 aromatic rings. The summed E-state index contributed by atoms with van der Waals surface area (Å²) in [6.07, 6.45) is 2.29. The van der Waals surface area contributed by atoms with Gasteiger partial charge in [-0.05, 0) is 29.8 Å². The average molecular weight is 271 g/mol. The van der Waals surface area contributed by atoms with Crippen molar-refractivity contribution < 1.29 is 9.50 Å². The van der Waals surface area contributed by atoms with Crippen LogP contribution in [0, 0.1) is 5.82 Å². The quantitative estimate of drug-likeness (QED) is 0.791. The SMILES string of the molecule is OCCn1c(Cc2ccc(F)cc2)nc2cccnc21. The fourth-order valence-corrected chi connectivity index (χ4v) is 2.26. The Morgan fingerprint density at radius 3 is 2.70 bits per heavy atom. The second-order valence-electron chi connectivity index (χ2n) is 4.55. The van der Waals surface area contributed by atoms with Crippen molar-refractivity contribution in [2.24, 2.45) is 0 Å². The van der Waals surface area contributed by atoms with E-state index in [9.17, 15) is 9.50 Å². The van der Waals surface area contributed by atoms with Crippen LogP contribution in [0.5, 0.6) is 0 Å². The molecule has 0 saturated heterocycles. The van der Waals surface area contributed by atoms with E-state index in [0.717, 1.165) is 22.6 Å². The first-order chi connectivity index (χ1) is 9.78. The van der Waals surface area contributed by atoms with E-state index in [2.05, 4.69) is 9.97 Å². The number of aliphatic hydroxyl groups is 1. The van der Waals surface area contributed by atoms with Gasteiger partial charge in [0.05, 0.1) is 6.61 Å². The zero-order valence-electron chi connectivity index (χ0n) is 10.8. The van der Waals surface area contributed by atoms with Crippen molar-refractivity contribution in [1.82, 2.24) is 14.5 Å². The molecule has 1 aromatic carbocycles. The number of pyridine rings is 1. The van der Waals surface area contributed by atoms with Crippen molar-refractivity contribution in [2.45, 2.75) is 13.0 Å². The molecule has 102 valence electrons. The minimum absolute atomic E-state index is 0.0262. The summed E-state index contributed by atoms with van der Waals surface area (Å²) in [5.41, 5.74) is 2.54. The number of benzene rings is 1. The molecule has 2 heterocycles. The summed E-state index contributed by atoms with van der Waals surface area (Å²) in [6, 6.07) is 10.1. The summed E-state index contributed by atoms with van der Waals surface area (Å²) in [6.45, 7) is 0.475. The van der Waals surface area contributed by atoms with Crippen LogP contribution < -0.4 is 0 Å². The van der Waals surface area contributed by atoms with Gasteiger partial charge in [0.25, 0.3) is 0 Å². The van der Waals surface area contributed by atoms with Crippen LogP contribution in [0.4, 0.5) is 4.39 Å². The van der Waals surface area contributed by atoms with Crippen LogP contribution in [-0.2, 0) is 13.0 Å². The lowest BCUT2D eigenvalue weighted by molar-refractivity contribution is 0.276. The third-order valence-corrected chi connectivity index (χ3v) is 3.18. The van der Waals surface area contributed by atoms with E-state index >= 15 is 0 Å². The topological polar surface area (TPSA) is 50.9 Å². The van der Waals surface area contributed by atoms with Crippen molar-refractivity contribution in [2.75, 3.05) is 6.61 Å². The highest BCUT2D eigenvalue weighted by Crippen LogP contribution is 2.16. The third-order valence-electron chi connectivity index (χ3n) is 3.18. The predicted molar refractivity (Wildman–Crippen MR) is 73.8 cm³/mol. The molecular formula is C15H14FN3O. The summed E-state index contributed by atoms with van der Waals surface area (Å²) in [5.74, 6) is 0.568. The van der Waals surface area contributed by atoms with Gasteiger partial charge in [-0.3, -0.25) is 0 Å². The van der Waals surface area contributed by atoms with Gasteiger partial charge in [0.1, 0.15) is 17.2 Å². The normalized spacial score (nSPS) is 11.1. The van der Waals surface area contributed by atoms with Crippen LogP contribution in [-0.4, -0.2) is 26.2 Å². The Morgan fingerprint density at radius 2 is 1.95 bits per heavy atom. The van der Waals surface area contributed by atoms with Crippen LogP contribution in [0.1, 0.15) is 11.4 Å². The van der Waals surface area contributed by atoms with Gasteiger partial charge in [-0.15, -0.1) is 0 Å². The van der Waals surface area contributed by atoms with Crippen LogP contribution in [0.3, 0.4) is 0 Å². The highest BCUT2D eigenvalue weighted by Gasteiger charge is 2.11. The fourth-order valence-electron chi connectivity index (χ4n) is 2.26. The molecule has 0 aliphatic carbocycles. The lowest BCUT2D eigenvalue weighted by Crippen LogP contribution is -2.08. The Balaban J connectivity index is 2.01. The standard InChI is InChI=1S/C15H14FN3O/c16-12-5-3-11(4-6-12)10-14-18-13-2-1-7-17-15(13)19(14)8-9-20/h1-7,20H,8-10H2. The molecule has 0 amide bonds. The van der Waals surface area contributed by atoms with Crippen molar-refractivity contribution >= 4 is 11.2 Å². The summed E-state index contributed by atoms with van der Waals surface area (Å²) >= 11 is 0. The van der Waals surface area contributed by atoms with Crippen LogP contribution in [0.25, 0.3) is 11.2 Å². The number of nitrogens with zero attached hydrogens (tertiary/aromatic N) is 3. The van der Waals surface area contributed by atoms with Crippen molar-refractivity contribution in [3.63, 3.8) is 0 Å². The van der Waals surface area contributed by atoms with E-state index in [4.69, 9.17) is 0 Å². The number of halogens is 1. The minimum Gasteiger partial charge on any atom is -0.395 e. The fraction of sp³-hybridized carbons (Fsp3) is 0.200. The molecular weight excluding hydrogens is 257 g/mol. The Labute approximate surface area is 115 Å². The van der Waals surface area contributed by atoms with Crippen LogP contribution in [0.15, 0.2) is 42.6 Å². The molecule has 0 saturated carbocycles. The molecule has 0 atom stereocenters. The van der Waals surface area contributed by atoms with Gasteiger partial charge in [0.2, 0.25) is 0 Å². The van der Waals surface area contributed by atoms with Gasteiger partial charge in [0.15, 0.2) is 5.65 Å². The maximum Gasteiger partial charge on any atom is 0.160 e. The molecule has 0 bridgehead atoms. The molecule has 5 heteroatoms. The monoisotopic (exact) mass is 271 g/mol. The number of hydrogen-bond acceptors (Lipinski definition) is 3. The Hall–Kier alpha value is -2.27. The smallest absolute Gasteiger partial charge is 0.160 e. The minimum atomic E-state index is -0.251. The molecule has 0 unspecified atom stereocenters. The molecule has 0 aliphatic heterocycles. The summed E-state index contributed by atoms with van der Waals surface area (Å²) in [5, 5.41) is 9.20. The lowest BCUT2D eigenvalue weighted by Gasteiger charge is -2.06. The molecule has 20 heavy (non-hydrogen) atoms. The van der Waals surface area contributed by atoms with E-state index in [-0.39, 0.29) is 12.4 Å². The lowest BCUT2D eigenvalue weighted by atomic mass is 10.1. The van der Waals surface area contributed by atoms with Gasteiger partial charge in [-0.2, -0.15) is 0 Å². The maximum atomic E-state index is 12.9. The van der Waals surface area contributed by atoms with Crippen molar-refractivity contribution in [1.29, 1.82) is 0 Å². The second-order valence-corrected chi connectivity index (χ2v) is 4.55. The van der Waals surface area contributed by atoms with E-state index in [1.807, 2.05) is 16.7 Å². The summed E-state index contributed by atoms with van der Waals surface area (Å²) < 4.78 is 14.8. The number of aliphatic hydroxyl groups excluding tert-OH is 1. The Kier molecular flexibility index (Phi) is 3.43. The number of hydrogen-bond donors (Lipinski definition) is 1. The first-order valence-corrected chi connectivity index (χ1v) is 6.43. The predicted octanol–water partition coefficient (Wildman–Crippen LogP) is 2.15.